The number of aliphatic hydroxyl groups is 1. The van der Waals surface area contributed by atoms with Gasteiger partial charge in [-0.3, -0.25) is 0 Å². The largest absolute Gasteiger partial charge is 0.492 e. The van der Waals surface area contributed by atoms with Crippen molar-refractivity contribution >= 4 is 30.1 Å². The zero-order chi connectivity index (χ0) is 18.2. The summed E-state index contributed by atoms with van der Waals surface area (Å²) in [7, 11) is 1.49. The summed E-state index contributed by atoms with van der Waals surface area (Å²) in [5.74, 6) is 4.05. The minimum Gasteiger partial charge on any atom is -0.492 e. The van der Waals surface area contributed by atoms with Gasteiger partial charge in [0.1, 0.15) is 5.75 Å². The van der Waals surface area contributed by atoms with Gasteiger partial charge in [-0.25, -0.2) is 0 Å². The molecule has 0 saturated heterocycles. The SMILES string of the molecule is CC.CCc1cc(-c2ccc(C#CSI)cc2)c2c(c1CO)CCO2. The molecule has 0 unspecified atom stereocenters. The van der Waals surface area contributed by atoms with Crippen LogP contribution in [0.25, 0.3) is 11.1 Å². The topological polar surface area (TPSA) is 29.5 Å². The minimum atomic E-state index is 0.0810. The van der Waals surface area contributed by atoms with Gasteiger partial charge in [0.15, 0.2) is 0 Å². The molecule has 0 aliphatic carbocycles. The van der Waals surface area contributed by atoms with E-state index in [1.165, 1.54) is 20.1 Å². The van der Waals surface area contributed by atoms with Crippen LogP contribution in [0.1, 0.15) is 43.0 Å². The molecule has 0 fully saturated rings. The highest BCUT2D eigenvalue weighted by atomic mass is 127. The number of hydrogen-bond acceptors (Lipinski definition) is 3. The molecule has 2 aromatic rings. The quantitative estimate of drug-likeness (QED) is 0.461. The van der Waals surface area contributed by atoms with Crippen LogP contribution in [0, 0.1) is 11.2 Å². The van der Waals surface area contributed by atoms with Gasteiger partial charge in [0.05, 0.1) is 13.2 Å². The molecule has 0 radical (unpaired) electrons. The van der Waals surface area contributed by atoms with Crippen LogP contribution in [0.4, 0.5) is 0 Å². The number of aliphatic hydroxyl groups excluding tert-OH is 1. The van der Waals surface area contributed by atoms with E-state index in [0.29, 0.717) is 6.61 Å². The van der Waals surface area contributed by atoms with Gasteiger partial charge in [-0.05, 0) is 55.5 Å². The van der Waals surface area contributed by atoms with Gasteiger partial charge in [0, 0.05) is 44.3 Å². The van der Waals surface area contributed by atoms with Crippen LogP contribution in [0.2, 0.25) is 0 Å². The van der Waals surface area contributed by atoms with Gasteiger partial charge >= 0.3 is 0 Å². The lowest BCUT2D eigenvalue weighted by atomic mass is 9.91. The zero-order valence-corrected chi connectivity index (χ0v) is 17.8. The van der Waals surface area contributed by atoms with E-state index in [1.807, 2.05) is 26.0 Å². The molecule has 25 heavy (non-hydrogen) atoms. The second kappa shape index (κ2) is 10.1. The van der Waals surface area contributed by atoms with Crippen molar-refractivity contribution < 1.29 is 9.84 Å². The van der Waals surface area contributed by atoms with Gasteiger partial charge in [-0.2, -0.15) is 0 Å². The van der Waals surface area contributed by atoms with E-state index in [1.54, 1.807) is 0 Å². The van der Waals surface area contributed by atoms with E-state index >= 15 is 0 Å². The third kappa shape index (κ3) is 4.52. The Bertz CT molecular complexity index is 773. The molecule has 3 rings (SSSR count). The molecule has 1 heterocycles. The Morgan fingerprint density at radius 1 is 1.24 bits per heavy atom. The Morgan fingerprint density at radius 3 is 2.56 bits per heavy atom. The first kappa shape index (κ1) is 20.2. The van der Waals surface area contributed by atoms with Crippen LogP contribution < -0.4 is 4.74 Å². The van der Waals surface area contributed by atoms with E-state index in [-0.39, 0.29) is 6.61 Å². The van der Waals surface area contributed by atoms with E-state index in [4.69, 9.17) is 4.74 Å². The second-order valence-corrected chi connectivity index (χ2v) is 7.04. The lowest BCUT2D eigenvalue weighted by molar-refractivity contribution is 0.279. The molecule has 1 aliphatic heterocycles. The van der Waals surface area contributed by atoms with E-state index in [0.717, 1.165) is 40.8 Å². The van der Waals surface area contributed by atoms with Crippen LogP contribution in [0.5, 0.6) is 5.75 Å². The Labute approximate surface area is 167 Å². The van der Waals surface area contributed by atoms with Crippen molar-refractivity contribution in [2.45, 2.75) is 40.2 Å². The summed E-state index contributed by atoms with van der Waals surface area (Å²) < 4.78 is 5.88. The molecule has 1 N–H and O–H groups in total. The molecule has 2 nitrogen and oxygen atoms in total. The fourth-order valence-electron chi connectivity index (χ4n) is 3.04. The molecule has 0 saturated carbocycles. The van der Waals surface area contributed by atoms with Crippen LogP contribution in [0.15, 0.2) is 30.3 Å². The molecule has 132 valence electrons. The van der Waals surface area contributed by atoms with Crippen molar-refractivity contribution in [2.75, 3.05) is 6.61 Å². The molecule has 0 aromatic heterocycles. The maximum atomic E-state index is 9.72. The molecule has 2 aromatic carbocycles. The average molecular weight is 466 g/mol. The molecule has 1 aliphatic rings. The van der Waals surface area contributed by atoms with Crippen LogP contribution in [0.3, 0.4) is 0 Å². The van der Waals surface area contributed by atoms with E-state index in [2.05, 4.69) is 57.5 Å². The van der Waals surface area contributed by atoms with Crippen molar-refractivity contribution in [3.05, 3.63) is 52.6 Å². The van der Waals surface area contributed by atoms with Crippen LogP contribution in [-0.2, 0) is 19.4 Å². The van der Waals surface area contributed by atoms with Gasteiger partial charge in [0.2, 0.25) is 0 Å². The minimum absolute atomic E-state index is 0.0810. The molecule has 0 bridgehead atoms. The van der Waals surface area contributed by atoms with Gasteiger partial charge in [-0.15, -0.1) is 0 Å². The van der Waals surface area contributed by atoms with Gasteiger partial charge in [-0.1, -0.05) is 38.8 Å². The number of rotatable bonds is 3. The predicted molar refractivity (Wildman–Crippen MR) is 116 cm³/mol. The summed E-state index contributed by atoms with van der Waals surface area (Å²) in [6, 6.07) is 10.4. The Kier molecular flexibility index (Phi) is 8.14. The van der Waals surface area contributed by atoms with Crippen LogP contribution >= 0.6 is 30.1 Å². The Morgan fingerprint density at radius 2 is 1.96 bits per heavy atom. The molecular weight excluding hydrogens is 443 g/mol. The smallest absolute Gasteiger partial charge is 0.130 e. The predicted octanol–water partition coefficient (Wildman–Crippen LogP) is 5.76. The molecule has 0 atom stereocenters. The van der Waals surface area contributed by atoms with Crippen molar-refractivity contribution in [1.82, 2.24) is 0 Å². The standard InChI is InChI=1S/C19H17IO2S.C2H6/c1-2-14-11-17(19-16(7-9-22-19)18(14)12-21)15-5-3-13(4-6-15)8-10-23-20;1-2/h3-6,11,21H,2,7,9,12H2,1H3;1-2H3. The summed E-state index contributed by atoms with van der Waals surface area (Å²) in [5.41, 5.74) is 6.69. The number of hydrogen-bond donors (Lipinski definition) is 1. The Hall–Kier alpha value is -1.16. The average Bonchev–Trinajstić information content (AvgIpc) is 3.16. The maximum Gasteiger partial charge on any atom is 0.130 e. The first-order valence-corrected chi connectivity index (χ1v) is 11.9. The number of fused-ring (bicyclic) bond motifs is 1. The third-order valence-corrected chi connectivity index (χ3v) is 5.00. The van der Waals surface area contributed by atoms with Crippen molar-refractivity contribution in [1.29, 1.82) is 0 Å². The van der Waals surface area contributed by atoms with E-state index < -0.39 is 0 Å². The highest BCUT2D eigenvalue weighted by Crippen LogP contribution is 2.41. The van der Waals surface area contributed by atoms with Gasteiger partial charge < -0.3 is 9.84 Å². The first-order valence-electron chi connectivity index (χ1n) is 8.58. The summed E-state index contributed by atoms with van der Waals surface area (Å²) >= 11 is 2.17. The molecule has 4 heteroatoms. The number of halogens is 1. The summed E-state index contributed by atoms with van der Waals surface area (Å²) in [5, 5.41) is 12.7. The van der Waals surface area contributed by atoms with Gasteiger partial charge in [0.25, 0.3) is 0 Å². The lowest BCUT2D eigenvalue weighted by Gasteiger charge is -2.15. The Balaban J connectivity index is 0.00000109. The normalized spacial score (nSPS) is 11.6. The summed E-state index contributed by atoms with van der Waals surface area (Å²) in [6.45, 7) is 6.90. The van der Waals surface area contributed by atoms with E-state index in [9.17, 15) is 5.11 Å². The third-order valence-electron chi connectivity index (χ3n) is 4.16. The monoisotopic (exact) mass is 466 g/mol. The summed E-state index contributed by atoms with van der Waals surface area (Å²) in [6.07, 6.45) is 1.79. The first-order chi connectivity index (χ1) is 12.3. The number of aryl methyl sites for hydroxylation is 1. The van der Waals surface area contributed by atoms with Crippen molar-refractivity contribution in [2.24, 2.45) is 0 Å². The van der Waals surface area contributed by atoms with Crippen molar-refractivity contribution in [3.63, 3.8) is 0 Å². The molecule has 0 spiro atoms. The number of ether oxygens (including phenoxy) is 1. The fourth-order valence-corrected chi connectivity index (χ4v) is 3.53. The number of benzene rings is 2. The maximum absolute atomic E-state index is 9.72. The molecular formula is C21H23IO2S. The zero-order valence-electron chi connectivity index (χ0n) is 14.9. The highest BCUT2D eigenvalue weighted by Gasteiger charge is 2.23. The molecule has 0 amide bonds. The van der Waals surface area contributed by atoms with Crippen LogP contribution in [-0.4, -0.2) is 11.7 Å². The summed E-state index contributed by atoms with van der Waals surface area (Å²) in [4.78, 5) is 0. The lowest BCUT2D eigenvalue weighted by Crippen LogP contribution is -1.99. The second-order valence-electron chi connectivity index (χ2n) is 5.36. The highest BCUT2D eigenvalue weighted by molar-refractivity contribution is 14.2. The fraction of sp³-hybridized carbons (Fsp3) is 0.333. The van der Waals surface area contributed by atoms with Crippen molar-refractivity contribution in [3.8, 4) is 28.0 Å².